The molecule has 0 atom stereocenters. The molecule has 0 aliphatic carbocycles. The number of aromatic nitrogens is 3. The Hall–Kier alpha value is -0.760. The highest BCUT2D eigenvalue weighted by atomic mass is 127. The number of rotatable bonds is 4. The number of nitrogens with one attached hydrogen (secondary N) is 1. The molecule has 2 aromatic rings. The molecule has 0 spiro atoms. The zero-order chi connectivity index (χ0) is 13.8. The molecule has 2 aromatic heterocycles. The lowest BCUT2D eigenvalue weighted by Gasteiger charge is -2.11. The summed E-state index contributed by atoms with van der Waals surface area (Å²) in [5.41, 5.74) is 1.97. The van der Waals surface area contributed by atoms with Crippen molar-refractivity contribution in [3.8, 4) is 11.4 Å². The summed E-state index contributed by atoms with van der Waals surface area (Å²) in [5, 5.41) is 3.28. The molecule has 0 saturated carbocycles. The van der Waals surface area contributed by atoms with E-state index in [2.05, 4.69) is 72.6 Å². The lowest BCUT2D eigenvalue weighted by atomic mass is 10.2. The van der Waals surface area contributed by atoms with Gasteiger partial charge in [0.15, 0.2) is 5.82 Å². The summed E-state index contributed by atoms with van der Waals surface area (Å²) in [6, 6.07) is 1.98. The van der Waals surface area contributed by atoms with Crippen LogP contribution in [0, 0.1) is 3.57 Å². The number of halogens is 2. The molecule has 2 rings (SSSR count). The Morgan fingerprint density at radius 2 is 2.05 bits per heavy atom. The average molecular weight is 433 g/mol. The van der Waals surface area contributed by atoms with Crippen LogP contribution in [0.3, 0.4) is 0 Å². The number of pyridine rings is 1. The number of anilines is 1. The predicted molar refractivity (Wildman–Crippen MR) is 89.2 cm³/mol. The second kappa shape index (κ2) is 6.60. The van der Waals surface area contributed by atoms with Gasteiger partial charge < -0.3 is 5.32 Å². The highest BCUT2D eigenvalue weighted by molar-refractivity contribution is 14.1. The lowest BCUT2D eigenvalue weighted by molar-refractivity contribution is 0.981. The van der Waals surface area contributed by atoms with E-state index in [9.17, 15) is 0 Å². The fourth-order valence-electron chi connectivity index (χ4n) is 1.68. The van der Waals surface area contributed by atoms with Crippen LogP contribution < -0.4 is 5.32 Å². The third-order valence-corrected chi connectivity index (χ3v) is 4.13. The van der Waals surface area contributed by atoms with E-state index in [1.807, 2.05) is 6.07 Å². The first kappa shape index (κ1) is 14.6. The molecule has 0 aliphatic rings. The minimum atomic E-state index is 0.710. The van der Waals surface area contributed by atoms with Crippen molar-refractivity contribution in [2.75, 3.05) is 11.9 Å². The molecule has 19 heavy (non-hydrogen) atoms. The smallest absolute Gasteiger partial charge is 0.163 e. The molecular formula is C13H14BrIN4. The van der Waals surface area contributed by atoms with Crippen molar-refractivity contribution in [3.63, 3.8) is 0 Å². The summed E-state index contributed by atoms with van der Waals surface area (Å²) in [5.74, 6) is 1.60. The minimum Gasteiger partial charge on any atom is -0.369 e. The summed E-state index contributed by atoms with van der Waals surface area (Å²) < 4.78 is 2.02. The average Bonchev–Trinajstić information content (AvgIpc) is 2.41. The van der Waals surface area contributed by atoms with E-state index < -0.39 is 0 Å². The summed E-state index contributed by atoms with van der Waals surface area (Å²) in [6.45, 7) is 5.00. The van der Waals surface area contributed by atoms with E-state index in [0.717, 1.165) is 38.1 Å². The third-order valence-electron chi connectivity index (χ3n) is 2.56. The van der Waals surface area contributed by atoms with Crippen molar-refractivity contribution in [3.05, 3.63) is 32.2 Å². The molecule has 4 nitrogen and oxygen atoms in total. The Morgan fingerprint density at radius 1 is 1.26 bits per heavy atom. The molecule has 6 heteroatoms. The largest absolute Gasteiger partial charge is 0.369 e. The van der Waals surface area contributed by atoms with Crippen LogP contribution in [0.5, 0.6) is 0 Å². The van der Waals surface area contributed by atoms with Gasteiger partial charge in [0.2, 0.25) is 0 Å². The van der Waals surface area contributed by atoms with Gasteiger partial charge in [-0.3, -0.25) is 4.98 Å². The van der Waals surface area contributed by atoms with Gasteiger partial charge in [-0.05, 0) is 57.9 Å². The van der Waals surface area contributed by atoms with Crippen LogP contribution in [0.25, 0.3) is 11.4 Å². The van der Waals surface area contributed by atoms with E-state index in [4.69, 9.17) is 0 Å². The van der Waals surface area contributed by atoms with Gasteiger partial charge in [-0.1, -0.05) is 6.92 Å². The molecule has 0 amide bonds. The van der Waals surface area contributed by atoms with Gasteiger partial charge in [0.25, 0.3) is 0 Å². The predicted octanol–water partition coefficient (Wildman–Crippen LogP) is 3.90. The standard InChI is InChI=1S/C13H14BrIN4/c1-3-10-11(15)13(17-4-2)19-12(18-10)8-5-9(14)7-16-6-8/h5-7H,3-4H2,1-2H3,(H,17,18,19). The van der Waals surface area contributed by atoms with Crippen molar-refractivity contribution in [1.29, 1.82) is 0 Å². The van der Waals surface area contributed by atoms with Gasteiger partial charge in [-0.2, -0.15) is 0 Å². The quantitative estimate of drug-likeness (QED) is 0.744. The molecule has 0 aromatic carbocycles. The fourth-order valence-corrected chi connectivity index (χ4v) is 2.85. The number of nitrogens with zero attached hydrogens (tertiary/aromatic N) is 3. The molecule has 0 unspecified atom stereocenters. The fraction of sp³-hybridized carbons (Fsp3) is 0.308. The first-order chi connectivity index (χ1) is 9.15. The summed E-state index contributed by atoms with van der Waals surface area (Å²) >= 11 is 5.72. The van der Waals surface area contributed by atoms with Gasteiger partial charge in [0, 0.05) is 29.0 Å². The SMILES string of the molecule is CCNc1nc(-c2cncc(Br)c2)nc(CC)c1I. The Morgan fingerprint density at radius 3 is 2.68 bits per heavy atom. The Labute approximate surface area is 134 Å². The second-order valence-corrected chi connectivity index (χ2v) is 5.93. The van der Waals surface area contributed by atoms with E-state index in [1.165, 1.54) is 0 Å². The van der Waals surface area contributed by atoms with Gasteiger partial charge in [0.1, 0.15) is 5.82 Å². The third kappa shape index (κ3) is 3.42. The zero-order valence-corrected chi connectivity index (χ0v) is 14.5. The van der Waals surface area contributed by atoms with Crippen LogP contribution >= 0.6 is 38.5 Å². The van der Waals surface area contributed by atoms with Crippen LogP contribution in [-0.2, 0) is 6.42 Å². The molecule has 0 radical (unpaired) electrons. The lowest BCUT2D eigenvalue weighted by Crippen LogP contribution is -2.07. The Balaban J connectivity index is 2.54. The summed E-state index contributed by atoms with van der Waals surface area (Å²) in [7, 11) is 0. The van der Waals surface area contributed by atoms with Gasteiger partial charge in [-0.25, -0.2) is 9.97 Å². The molecule has 1 N–H and O–H groups in total. The summed E-state index contributed by atoms with van der Waals surface area (Å²) in [4.78, 5) is 13.4. The van der Waals surface area contributed by atoms with E-state index in [1.54, 1.807) is 12.4 Å². The molecule has 0 aliphatic heterocycles. The van der Waals surface area contributed by atoms with Crippen molar-refractivity contribution in [1.82, 2.24) is 15.0 Å². The number of hydrogen-bond donors (Lipinski definition) is 1. The van der Waals surface area contributed by atoms with Gasteiger partial charge >= 0.3 is 0 Å². The van der Waals surface area contributed by atoms with Crippen molar-refractivity contribution >= 4 is 44.3 Å². The molecular weight excluding hydrogens is 419 g/mol. The Bertz CT molecular complexity index is 589. The van der Waals surface area contributed by atoms with Gasteiger partial charge in [0.05, 0.1) is 9.26 Å². The minimum absolute atomic E-state index is 0.710. The first-order valence-corrected chi connectivity index (χ1v) is 7.94. The van der Waals surface area contributed by atoms with E-state index in [-0.39, 0.29) is 0 Å². The van der Waals surface area contributed by atoms with Crippen molar-refractivity contribution < 1.29 is 0 Å². The molecule has 2 heterocycles. The van der Waals surface area contributed by atoms with Crippen LogP contribution in [0.1, 0.15) is 19.5 Å². The van der Waals surface area contributed by atoms with Crippen LogP contribution in [0.15, 0.2) is 22.9 Å². The Kier molecular flexibility index (Phi) is 5.09. The molecule has 100 valence electrons. The number of aryl methyl sites for hydroxylation is 1. The maximum Gasteiger partial charge on any atom is 0.163 e. The van der Waals surface area contributed by atoms with E-state index >= 15 is 0 Å². The topological polar surface area (TPSA) is 50.7 Å². The highest BCUT2D eigenvalue weighted by Gasteiger charge is 2.12. The van der Waals surface area contributed by atoms with E-state index in [0.29, 0.717) is 5.82 Å². The maximum atomic E-state index is 4.63. The molecule has 0 fully saturated rings. The normalized spacial score (nSPS) is 10.5. The maximum absolute atomic E-state index is 4.63. The number of hydrogen-bond acceptors (Lipinski definition) is 4. The van der Waals surface area contributed by atoms with Crippen molar-refractivity contribution in [2.45, 2.75) is 20.3 Å². The summed E-state index contributed by atoms with van der Waals surface area (Å²) in [6.07, 6.45) is 4.41. The first-order valence-electron chi connectivity index (χ1n) is 6.06. The second-order valence-electron chi connectivity index (χ2n) is 3.93. The van der Waals surface area contributed by atoms with Gasteiger partial charge in [-0.15, -0.1) is 0 Å². The van der Waals surface area contributed by atoms with Crippen LogP contribution in [-0.4, -0.2) is 21.5 Å². The zero-order valence-electron chi connectivity index (χ0n) is 10.7. The van der Waals surface area contributed by atoms with Crippen LogP contribution in [0.2, 0.25) is 0 Å². The van der Waals surface area contributed by atoms with Crippen LogP contribution in [0.4, 0.5) is 5.82 Å². The monoisotopic (exact) mass is 432 g/mol. The van der Waals surface area contributed by atoms with Crippen molar-refractivity contribution in [2.24, 2.45) is 0 Å². The molecule has 0 saturated heterocycles. The highest BCUT2D eigenvalue weighted by Crippen LogP contribution is 2.25. The molecule has 0 bridgehead atoms.